The van der Waals surface area contributed by atoms with Gasteiger partial charge in [0.1, 0.15) is 0 Å². The van der Waals surface area contributed by atoms with Gasteiger partial charge in [-0.3, -0.25) is 0 Å². The van der Waals surface area contributed by atoms with Crippen LogP contribution in [-0.2, 0) is 0 Å². The summed E-state index contributed by atoms with van der Waals surface area (Å²) >= 11 is 3.59. The lowest BCUT2D eigenvalue weighted by atomic mass is 9.74. The molecule has 1 aliphatic rings. The van der Waals surface area contributed by atoms with Crippen molar-refractivity contribution in [3.8, 4) is 0 Å². The summed E-state index contributed by atoms with van der Waals surface area (Å²) in [7, 11) is 0. The topological polar surface area (TPSA) is 12.0 Å². The molecule has 2 aromatic carbocycles. The van der Waals surface area contributed by atoms with Crippen LogP contribution >= 0.6 is 15.9 Å². The summed E-state index contributed by atoms with van der Waals surface area (Å²) in [6.45, 7) is 4.37. The fourth-order valence-corrected chi connectivity index (χ4v) is 3.38. The molecule has 1 N–H and O–H groups in total. The minimum atomic E-state index is 0.604. The van der Waals surface area contributed by atoms with Crippen LogP contribution in [0.1, 0.15) is 35.4 Å². The molecular formula is C18H20BrN. The van der Waals surface area contributed by atoms with Crippen molar-refractivity contribution in [3.05, 3.63) is 63.6 Å². The van der Waals surface area contributed by atoms with Gasteiger partial charge in [-0.25, -0.2) is 0 Å². The summed E-state index contributed by atoms with van der Waals surface area (Å²) in [4.78, 5) is 0. The van der Waals surface area contributed by atoms with Crippen LogP contribution in [0.4, 0.5) is 5.69 Å². The Morgan fingerprint density at radius 2 is 1.75 bits per heavy atom. The molecule has 0 saturated heterocycles. The molecule has 0 bridgehead atoms. The smallest absolute Gasteiger partial charge is 0.0383 e. The molecule has 3 rings (SSSR count). The number of nitrogens with one attached hydrogen (secondary N) is 1. The largest absolute Gasteiger partial charge is 0.382 e. The van der Waals surface area contributed by atoms with E-state index >= 15 is 0 Å². The predicted molar refractivity (Wildman–Crippen MR) is 89.4 cm³/mol. The highest BCUT2D eigenvalue weighted by molar-refractivity contribution is 9.10. The van der Waals surface area contributed by atoms with Gasteiger partial charge in [0.15, 0.2) is 0 Å². The first-order valence-electron chi connectivity index (χ1n) is 7.22. The van der Waals surface area contributed by atoms with Gasteiger partial charge in [-0.05, 0) is 61.4 Å². The maximum absolute atomic E-state index is 3.68. The minimum absolute atomic E-state index is 0.604. The number of anilines is 1. The Balaban J connectivity index is 1.64. The average Bonchev–Trinajstić information content (AvgIpc) is 2.39. The van der Waals surface area contributed by atoms with E-state index in [-0.39, 0.29) is 0 Å². The molecule has 0 atom stereocenters. The van der Waals surface area contributed by atoms with Crippen LogP contribution in [0.5, 0.6) is 0 Å². The molecule has 0 amide bonds. The first kappa shape index (κ1) is 13.7. The molecule has 0 unspecified atom stereocenters. The van der Waals surface area contributed by atoms with Crippen molar-refractivity contribution >= 4 is 21.6 Å². The highest BCUT2D eigenvalue weighted by Crippen LogP contribution is 2.40. The van der Waals surface area contributed by atoms with E-state index in [0.717, 1.165) is 5.92 Å². The van der Waals surface area contributed by atoms with Crippen LogP contribution in [0.15, 0.2) is 46.9 Å². The third kappa shape index (κ3) is 2.62. The van der Waals surface area contributed by atoms with E-state index in [0.29, 0.717) is 6.04 Å². The van der Waals surface area contributed by atoms with Crippen LogP contribution in [0.2, 0.25) is 0 Å². The molecule has 2 heteroatoms. The van der Waals surface area contributed by atoms with Gasteiger partial charge in [-0.2, -0.15) is 0 Å². The monoisotopic (exact) mass is 329 g/mol. The lowest BCUT2D eigenvalue weighted by Crippen LogP contribution is -2.34. The van der Waals surface area contributed by atoms with Crippen LogP contribution in [0.25, 0.3) is 0 Å². The Kier molecular flexibility index (Phi) is 3.84. The van der Waals surface area contributed by atoms with Crippen LogP contribution < -0.4 is 5.32 Å². The number of halogens is 1. The molecule has 20 heavy (non-hydrogen) atoms. The molecular weight excluding hydrogens is 310 g/mol. The van der Waals surface area contributed by atoms with E-state index < -0.39 is 0 Å². The van der Waals surface area contributed by atoms with E-state index in [9.17, 15) is 0 Å². The average molecular weight is 330 g/mol. The zero-order chi connectivity index (χ0) is 14.1. The number of rotatable bonds is 3. The summed E-state index contributed by atoms with van der Waals surface area (Å²) < 4.78 is 1.18. The minimum Gasteiger partial charge on any atom is -0.382 e. The normalized spacial score (nSPS) is 21.4. The molecule has 1 aliphatic carbocycles. The van der Waals surface area contributed by atoms with Crippen molar-refractivity contribution < 1.29 is 0 Å². The van der Waals surface area contributed by atoms with Gasteiger partial charge in [-0.15, -0.1) is 0 Å². The molecule has 1 fully saturated rings. The van der Waals surface area contributed by atoms with Crippen molar-refractivity contribution in [2.45, 2.75) is 38.6 Å². The summed E-state index contributed by atoms with van der Waals surface area (Å²) in [5.41, 5.74) is 5.51. The third-order valence-corrected chi connectivity index (χ3v) is 5.25. The zero-order valence-corrected chi connectivity index (χ0v) is 13.6. The van der Waals surface area contributed by atoms with Gasteiger partial charge in [0.2, 0.25) is 0 Å². The van der Waals surface area contributed by atoms with Crippen molar-refractivity contribution in [1.82, 2.24) is 0 Å². The van der Waals surface area contributed by atoms with E-state index in [1.165, 1.54) is 39.7 Å². The van der Waals surface area contributed by atoms with Crippen molar-refractivity contribution in [1.29, 1.82) is 0 Å². The Bertz CT molecular complexity index is 615. The maximum Gasteiger partial charge on any atom is 0.0383 e. The molecule has 1 nitrogen and oxygen atoms in total. The second kappa shape index (κ2) is 5.61. The predicted octanol–water partition coefficient (Wildman–Crippen LogP) is 5.42. The van der Waals surface area contributed by atoms with E-state index in [4.69, 9.17) is 0 Å². The molecule has 0 radical (unpaired) electrons. The number of hydrogen-bond donors (Lipinski definition) is 1. The summed E-state index contributed by atoms with van der Waals surface area (Å²) in [6.07, 6.45) is 2.47. The Morgan fingerprint density at radius 1 is 1.00 bits per heavy atom. The second-order valence-electron chi connectivity index (χ2n) is 5.78. The Morgan fingerprint density at radius 3 is 2.50 bits per heavy atom. The summed E-state index contributed by atoms with van der Waals surface area (Å²) in [6, 6.07) is 15.7. The first-order chi connectivity index (χ1) is 9.65. The van der Waals surface area contributed by atoms with Crippen LogP contribution in [0.3, 0.4) is 0 Å². The fraction of sp³-hybridized carbons (Fsp3) is 0.333. The number of hydrogen-bond acceptors (Lipinski definition) is 1. The summed E-state index contributed by atoms with van der Waals surface area (Å²) in [5, 5.41) is 3.68. The van der Waals surface area contributed by atoms with Crippen LogP contribution in [0, 0.1) is 13.8 Å². The summed E-state index contributed by atoms with van der Waals surface area (Å²) in [5.74, 6) is 0.723. The van der Waals surface area contributed by atoms with Gasteiger partial charge < -0.3 is 5.32 Å². The van der Waals surface area contributed by atoms with Gasteiger partial charge in [-0.1, -0.05) is 46.3 Å². The van der Waals surface area contributed by atoms with Crippen LogP contribution in [-0.4, -0.2) is 6.04 Å². The van der Waals surface area contributed by atoms with Gasteiger partial charge in [0.25, 0.3) is 0 Å². The van der Waals surface area contributed by atoms with Crippen molar-refractivity contribution in [2.75, 3.05) is 5.32 Å². The maximum atomic E-state index is 3.68. The quantitative estimate of drug-likeness (QED) is 0.792. The SMILES string of the molecule is Cc1ccccc1C1CC(Nc2cccc(Br)c2C)C1. The van der Waals surface area contributed by atoms with E-state index in [1.807, 2.05) is 0 Å². The number of aryl methyl sites for hydroxylation is 1. The highest BCUT2D eigenvalue weighted by atomic mass is 79.9. The van der Waals surface area contributed by atoms with Gasteiger partial charge in [0, 0.05) is 16.2 Å². The molecule has 0 aromatic heterocycles. The Labute approximate surface area is 129 Å². The van der Waals surface area contributed by atoms with E-state index in [2.05, 4.69) is 77.6 Å². The number of benzene rings is 2. The fourth-order valence-electron chi connectivity index (χ4n) is 3.02. The van der Waals surface area contributed by atoms with Crippen molar-refractivity contribution in [2.24, 2.45) is 0 Å². The lowest BCUT2D eigenvalue weighted by Gasteiger charge is -2.38. The molecule has 0 spiro atoms. The molecule has 2 aromatic rings. The first-order valence-corrected chi connectivity index (χ1v) is 8.01. The standard InChI is InChI=1S/C18H20BrN/c1-12-6-3-4-7-16(12)14-10-15(11-14)20-18-9-5-8-17(19)13(18)2/h3-9,14-15,20H,10-11H2,1-2H3. The van der Waals surface area contributed by atoms with Gasteiger partial charge in [0.05, 0.1) is 0 Å². The molecule has 0 heterocycles. The molecule has 1 saturated carbocycles. The Hall–Kier alpha value is -1.28. The van der Waals surface area contributed by atoms with E-state index in [1.54, 1.807) is 0 Å². The molecule has 0 aliphatic heterocycles. The van der Waals surface area contributed by atoms with Crippen molar-refractivity contribution in [3.63, 3.8) is 0 Å². The lowest BCUT2D eigenvalue weighted by molar-refractivity contribution is 0.373. The molecule has 104 valence electrons. The second-order valence-corrected chi connectivity index (χ2v) is 6.63. The highest BCUT2D eigenvalue weighted by Gasteiger charge is 2.31. The third-order valence-electron chi connectivity index (χ3n) is 4.39. The zero-order valence-electron chi connectivity index (χ0n) is 12.0. The van der Waals surface area contributed by atoms with Gasteiger partial charge >= 0.3 is 0 Å².